The minimum Gasteiger partial charge on any atom is -0.393 e. The molecule has 0 radical (unpaired) electrons. The highest BCUT2D eigenvalue weighted by Crippen LogP contribution is 2.50. The van der Waals surface area contributed by atoms with Crippen LogP contribution in [0.4, 0.5) is 0 Å². The summed E-state index contributed by atoms with van der Waals surface area (Å²) in [5.74, 6) is 0.586. The predicted molar refractivity (Wildman–Crippen MR) is 62.4 cm³/mol. The lowest BCUT2D eigenvalue weighted by Gasteiger charge is -2.36. The van der Waals surface area contributed by atoms with Gasteiger partial charge in [0, 0.05) is 10.4 Å². The van der Waals surface area contributed by atoms with Gasteiger partial charge in [0.2, 0.25) is 0 Å². The fourth-order valence-electron chi connectivity index (χ4n) is 2.95. The SMILES string of the molecule is O[C@H]1C[C@H]([C@H]2c3sccc3-c3cncn32)C1. The van der Waals surface area contributed by atoms with E-state index in [0.717, 1.165) is 12.8 Å². The van der Waals surface area contributed by atoms with Crippen LogP contribution in [0.25, 0.3) is 11.3 Å². The van der Waals surface area contributed by atoms with Gasteiger partial charge < -0.3 is 9.67 Å². The Morgan fingerprint density at radius 1 is 1.44 bits per heavy atom. The van der Waals surface area contributed by atoms with E-state index in [4.69, 9.17) is 0 Å². The lowest BCUT2D eigenvalue weighted by Crippen LogP contribution is -2.34. The molecule has 0 saturated heterocycles. The number of aromatic nitrogens is 2. The van der Waals surface area contributed by atoms with Crippen molar-refractivity contribution < 1.29 is 5.11 Å². The summed E-state index contributed by atoms with van der Waals surface area (Å²) in [7, 11) is 0. The standard InChI is InChI=1S/C12H12N2OS/c15-8-3-7(4-8)11-12-9(1-2-16-12)10-5-13-6-14(10)11/h1-2,5-8,11,15H,3-4H2/t7-,8-,11-/m0/s1. The van der Waals surface area contributed by atoms with Crippen LogP contribution in [0, 0.1) is 5.92 Å². The van der Waals surface area contributed by atoms with E-state index in [-0.39, 0.29) is 6.10 Å². The number of rotatable bonds is 1. The molecule has 1 atom stereocenters. The molecule has 2 aromatic heterocycles. The number of aliphatic hydroxyl groups is 1. The zero-order valence-electron chi connectivity index (χ0n) is 8.71. The van der Waals surface area contributed by atoms with Crippen LogP contribution in [-0.2, 0) is 0 Å². The molecule has 1 fully saturated rings. The number of hydrogen-bond donors (Lipinski definition) is 1. The summed E-state index contributed by atoms with van der Waals surface area (Å²) < 4.78 is 2.28. The average Bonchev–Trinajstić information content (AvgIpc) is 2.84. The van der Waals surface area contributed by atoms with E-state index in [0.29, 0.717) is 12.0 Å². The second kappa shape index (κ2) is 2.96. The molecule has 1 N–H and O–H groups in total. The van der Waals surface area contributed by atoms with Crippen LogP contribution < -0.4 is 0 Å². The first-order valence-corrected chi connectivity index (χ1v) is 6.50. The molecular formula is C12H12N2OS. The van der Waals surface area contributed by atoms with E-state index < -0.39 is 0 Å². The van der Waals surface area contributed by atoms with Gasteiger partial charge in [-0.3, -0.25) is 0 Å². The largest absolute Gasteiger partial charge is 0.393 e. The number of hydrogen-bond acceptors (Lipinski definition) is 3. The van der Waals surface area contributed by atoms with Crippen molar-refractivity contribution in [3.63, 3.8) is 0 Å². The van der Waals surface area contributed by atoms with Gasteiger partial charge in [-0.25, -0.2) is 4.98 Å². The fourth-order valence-corrected chi connectivity index (χ4v) is 4.05. The van der Waals surface area contributed by atoms with E-state index in [2.05, 4.69) is 21.0 Å². The molecule has 3 heterocycles. The molecule has 1 aliphatic heterocycles. The molecule has 0 spiro atoms. The highest BCUT2D eigenvalue weighted by atomic mass is 32.1. The van der Waals surface area contributed by atoms with Crippen LogP contribution in [0.1, 0.15) is 23.8 Å². The zero-order chi connectivity index (χ0) is 10.7. The van der Waals surface area contributed by atoms with Gasteiger partial charge in [-0.2, -0.15) is 0 Å². The van der Waals surface area contributed by atoms with E-state index in [1.807, 2.05) is 23.9 Å². The van der Waals surface area contributed by atoms with Gasteiger partial charge >= 0.3 is 0 Å². The molecule has 4 heteroatoms. The van der Waals surface area contributed by atoms with Crippen LogP contribution in [0.2, 0.25) is 0 Å². The molecule has 4 rings (SSSR count). The summed E-state index contributed by atoms with van der Waals surface area (Å²) in [5, 5.41) is 11.6. The number of nitrogens with zero attached hydrogens (tertiary/aromatic N) is 2. The topological polar surface area (TPSA) is 38.1 Å². The van der Waals surface area contributed by atoms with Crippen LogP contribution in [0.15, 0.2) is 24.0 Å². The van der Waals surface area contributed by atoms with Gasteiger partial charge in [-0.15, -0.1) is 11.3 Å². The maximum absolute atomic E-state index is 9.45. The molecule has 0 bridgehead atoms. The monoisotopic (exact) mass is 232 g/mol. The second-order valence-corrected chi connectivity index (χ2v) is 5.66. The predicted octanol–water partition coefficient (Wildman–Crippen LogP) is 2.29. The van der Waals surface area contributed by atoms with Gasteiger partial charge in [0.25, 0.3) is 0 Å². The van der Waals surface area contributed by atoms with Crippen molar-refractivity contribution in [3.05, 3.63) is 28.8 Å². The van der Waals surface area contributed by atoms with Crippen LogP contribution in [-0.4, -0.2) is 20.8 Å². The van der Waals surface area contributed by atoms with Crippen molar-refractivity contribution in [2.45, 2.75) is 25.0 Å². The van der Waals surface area contributed by atoms with E-state index in [1.54, 1.807) is 0 Å². The quantitative estimate of drug-likeness (QED) is 0.819. The summed E-state index contributed by atoms with van der Waals surface area (Å²) in [5.41, 5.74) is 2.58. The van der Waals surface area contributed by atoms with Crippen molar-refractivity contribution in [3.8, 4) is 11.3 Å². The summed E-state index contributed by atoms with van der Waals surface area (Å²) in [4.78, 5) is 5.69. The Bertz CT molecular complexity index is 498. The first-order valence-electron chi connectivity index (χ1n) is 5.62. The number of thiophene rings is 1. The van der Waals surface area contributed by atoms with Gasteiger partial charge in [0.05, 0.1) is 30.4 Å². The van der Waals surface area contributed by atoms with Crippen molar-refractivity contribution in [1.29, 1.82) is 0 Å². The summed E-state index contributed by atoms with van der Waals surface area (Å²) in [6.45, 7) is 0. The Balaban J connectivity index is 1.83. The molecule has 1 aliphatic carbocycles. The van der Waals surface area contributed by atoms with Crippen molar-refractivity contribution in [1.82, 2.24) is 9.55 Å². The minimum absolute atomic E-state index is 0.0824. The fraction of sp³-hybridized carbons (Fsp3) is 0.417. The molecule has 0 unspecified atom stereocenters. The van der Waals surface area contributed by atoms with Crippen molar-refractivity contribution >= 4 is 11.3 Å². The molecule has 0 amide bonds. The summed E-state index contributed by atoms with van der Waals surface area (Å²) in [6.07, 6.45) is 5.65. The first-order chi connectivity index (χ1) is 7.84. The first kappa shape index (κ1) is 8.96. The third-order valence-electron chi connectivity index (χ3n) is 3.80. The molecule has 3 nitrogen and oxygen atoms in total. The number of aliphatic hydroxyl groups excluding tert-OH is 1. The molecule has 0 aromatic carbocycles. The Morgan fingerprint density at radius 3 is 3.12 bits per heavy atom. The molecule has 2 aliphatic rings. The van der Waals surface area contributed by atoms with Gasteiger partial charge in [-0.1, -0.05) is 0 Å². The van der Waals surface area contributed by atoms with E-state index in [9.17, 15) is 5.11 Å². The summed E-state index contributed by atoms with van der Waals surface area (Å²) in [6, 6.07) is 2.61. The van der Waals surface area contributed by atoms with Crippen molar-refractivity contribution in [2.24, 2.45) is 5.92 Å². The Morgan fingerprint density at radius 2 is 2.31 bits per heavy atom. The molecular weight excluding hydrogens is 220 g/mol. The lowest BCUT2D eigenvalue weighted by atomic mass is 9.77. The Kier molecular flexibility index (Phi) is 1.66. The van der Waals surface area contributed by atoms with Gasteiger partial charge in [0.15, 0.2) is 0 Å². The van der Waals surface area contributed by atoms with E-state index >= 15 is 0 Å². The average molecular weight is 232 g/mol. The Labute approximate surface area is 97.4 Å². The number of imidazole rings is 1. The highest BCUT2D eigenvalue weighted by Gasteiger charge is 2.41. The maximum atomic E-state index is 9.45. The normalized spacial score (nSPS) is 30.9. The second-order valence-electron chi connectivity index (χ2n) is 4.71. The maximum Gasteiger partial charge on any atom is 0.0957 e. The van der Waals surface area contributed by atoms with Gasteiger partial charge in [-0.05, 0) is 30.2 Å². The smallest absolute Gasteiger partial charge is 0.0957 e. The molecule has 82 valence electrons. The molecule has 2 aromatic rings. The Hall–Kier alpha value is -1.13. The lowest BCUT2D eigenvalue weighted by molar-refractivity contribution is 0.0268. The van der Waals surface area contributed by atoms with Crippen LogP contribution >= 0.6 is 11.3 Å². The van der Waals surface area contributed by atoms with Crippen molar-refractivity contribution in [2.75, 3.05) is 0 Å². The summed E-state index contributed by atoms with van der Waals surface area (Å²) >= 11 is 1.83. The third kappa shape index (κ3) is 0.987. The van der Waals surface area contributed by atoms with Crippen LogP contribution in [0.3, 0.4) is 0 Å². The van der Waals surface area contributed by atoms with Crippen LogP contribution in [0.5, 0.6) is 0 Å². The van der Waals surface area contributed by atoms with E-state index in [1.165, 1.54) is 16.1 Å². The third-order valence-corrected chi connectivity index (χ3v) is 4.79. The number of fused-ring (bicyclic) bond motifs is 3. The molecule has 1 saturated carbocycles. The highest BCUT2D eigenvalue weighted by molar-refractivity contribution is 7.10. The molecule has 16 heavy (non-hydrogen) atoms. The van der Waals surface area contributed by atoms with Gasteiger partial charge in [0.1, 0.15) is 0 Å². The zero-order valence-corrected chi connectivity index (χ0v) is 9.52. The minimum atomic E-state index is -0.0824.